The Labute approximate surface area is 186 Å². The fraction of sp³-hybridized carbons (Fsp3) is 0.292. The molecule has 0 saturated carbocycles. The van der Waals surface area contributed by atoms with E-state index < -0.39 is 0 Å². The summed E-state index contributed by atoms with van der Waals surface area (Å²) in [6.45, 7) is 1.40. The van der Waals surface area contributed by atoms with Gasteiger partial charge in [-0.25, -0.2) is 0 Å². The average Bonchev–Trinajstić information content (AvgIpc) is 3.33. The smallest absolute Gasteiger partial charge is 0.255 e. The highest BCUT2D eigenvalue weighted by Crippen LogP contribution is 2.23. The highest BCUT2D eigenvalue weighted by atomic mass is 16.5. The molecule has 0 radical (unpaired) electrons. The molecule has 1 aliphatic heterocycles. The van der Waals surface area contributed by atoms with Gasteiger partial charge in [0.2, 0.25) is 5.91 Å². The number of aromatic amines is 1. The number of hydrogen-bond acceptors (Lipinski definition) is 5. The lowest BCUT2D eigenvalue weighted by atomic mass is 10.1. The van der Waals surface area contributed by atoms with Crippen LogP contribution in [-0.4, -0.2) is 66.4 Å². The first kappa shape index (κ1) is 21.6. The zero-order valence-corrected chi connectivity index (χ0v) is 17.9. The van der Waals surface area contributed by atoms with Gasteiger partial charge in [0.25, 0.3) is 5.91 Å². The summed E-state index contributed by atoms with van der Waals surface area (Å²) in [6.07, 6.45) is 2.03. The Bertz CT molecular complexity index is 1050. The summed E-state index contributed by atoms with van der Waals surface area (Å²) in [4.78, 5) is 26.8. The number of benzene rings is 2. The molecule has 32 heavy (non-hydrogen) atoms. The van der Waals surface area contributed by atoms with Crippen molar-refractivity contribution in [2.45, 2.75) is 12.5 Å². The molecule has 1 aliphatic rings. The quantitative estimate of drug-likeness (QED) is 0.567. The van der Waals surface area contributed by atoms with Crippen LogP contribution in [-0.2, 0) is 16.0 Å². The predicted molar refractivity (Wildman–Crippen MR) is 119 cm³/mol. The summed E-state index contributed by atoms with van der Waals surface area (Å²) in [5.41, 5.74) is 3.10. The molecule has 2 heterocycles. The topological polar surface area (TPSA) is 96.5 Å². The highest BCUT2D eigenvalue weighted by molar-refractivity contribution is 5.99. The number of carbonyl (C=O) groups excluding carboxylic acids is 2. The SMILES string of the molecule is COc1ccc(-c2[nH]ncc2C(=O)NCC2CN(CCc3ccccc3)C(=O)CO2)cc1. The first-order valence-corrected chi connectivity index (χ1v) is 10.5. The van der Waals surface area contributed by atoms with Crippen LogP contribution in [0.15, 0.2) is 60.8 Å². The Balaban J connectivity index is 1.33. The van der Waals surface area contributed by atoms with Crippen molar-refractivity contribution in [3.63, 3.8) is 0 Å². The maximum atomic E-state index is 12.8. The van der Waals surface area contributed by atoms with Crippen molar-refractivity contribution >= 4 is 11.8 Å². The average molecular weight is 434 g/mol. The van der Waals surface area contributed by atoms with Gasteiger partial charge in [-0.05, 0) is 36.2 Å². The van der Waals surface area contributed by atoms with E-state index in [9.17, 15) is 9.59 Å². The van der Waals surface area contributed by atoms with E-state index in [0.717, 1.165) is 17.7 Å². The number of aromatic nitrogens is 2. The first-order chi connectivity index (χ1) is 15.6. The lowest BCUT2D eigenvalue weighted by molar-refractivity contribution is -0.148. The van der Waals surface area contributed by atoms with Gasteiger partial charge < -0.3 is 19.7 Å². The molecule has 8 heteroatoms. The van der Waals surface area contributed by atoms with Crippen molar-refractivity contribution in [1.82, 2.24) is 20.4 Å². The number of H-pyrrole nitrogens is 1. The van der Waals surface area contributed by atoms with Crippen molar-refractivity contribution in [1.29, 1.82) is 0 Å². The minimum absolute atomic E-state index is 0.0259. The molecule has 1 unspecified atom stereocenters. The van der Waals surface area contributed by atoms with Gasteiger partial charge >= 0.3 is 0 Å². The van der Waals surface area contributed by atoms with Gasteiger partial charge in [0.1, 0.15) is 12.4 Å². The number of hydrogen-bond donors (Lipinski definition) is 2. The molecule has 8 nitrogen and oxygen atoms in total. The fourth-order valence-corrected chi connectivity index (χ4v) is 3.67. The summed E-state index contributed by atoms with van der Waals surface area (Å²) in [5.74, 6) is 0.459. The van der Waals surface area contributed by atoms with Crippen molar-refractivity contribution < 1.29 is 19.1 Å². The number of ether oxygens (including phenoxy) is 2. The minimum Gasteiger partial charge on any atom is -0.497 e. The molecular formula is C24H26N4O4. The predicted octanol–water partition coefficient (Wildman–Crippen LogP) is 2.29. The third-order valence-electron chi connectivity index (χ3n) is 5.49. The van der Waals surface area contributed by atoms with Gasteiger partial charge in [0.15, 0.2) is 0 Å². The Morgan fingerprint density at radius 1 is 1.22 bits per heavy atom. The summed E-state index contributed by atoms with van der Waals surface area (Å²) < 4.78 is 10.8. The summed E-state index contributed by atoms with van der Waals surface area (Å²) in [5, 5.41) is 9.83. The van der Waals surface area contributed by atoms with E-state index in [1.54, 1.807) is 12.0 Å². The van der Waals surface area contributed by atoms with E-state index in [-0.39, 0.29) is 24.5 Å². The van der Waals surface area contributed by atoms with Crippen LogP contribution >= 0.6 is 0 Å². The zero-order chi connectivity index (χ0) is 22.3. The van der Waals surface area contributed by atoms with Crippen LogP contribution in [0.5, 0.6) is 5.75 Å². The van der Waals surface area contributed by atoms with E-state index in [2.05, 4.69) is 15.5 Å². The van der Waals surface area contributed by atoms with Gasteiger partial charge in [0.05, 0.1) is 30.7 Å². The Morgan fingerprint density at radius 3 is 2.75 bits per heavy atom. The number of morpholine rings is 1. The van der Waals surface area contributed by atoms with Gasteiger partial charge in [-0.1, -0.05) is 30.3 Å². The zero-order valence-electron chi connectivity index (χ0n) is 17.9. The molecule has 1 atom stereocenters. The van der Waals surface area contributed by atoms with Gasteiger partial charge in [0, 0.05) is 25.2 Å². The summed E-state index contributed by atoms with van der Waals surface area (Å²) in [7, 11) is 1.60. The van der Waals surface area contributed by atoms with Gasteiger partial charge in [-0.3, -0.25) is 14.7 Å². The third-order valence-corrected chi connectivity index (χ3v) is 5.49. The van der Waals surface area contributed by atoms with E-state index >= 15 is 0 Å². The van der Waals surface area contributed by atoms with Gasteiger partial charge in [-0.15, -0.1) is 0 Å². The van der Waals surface area contributed by atoms with Crippen LogP contribution in [0.1, 0.15) is 15.9 Å². The maximum absolute atomic E-state index is 12.8. The van der Waals surface area contributed by atoms with Crippen molar-refractivity contribution in [3.8, 4) is 17.0 Å². The van der Waals surface area contributed by atoms with E-state index in [1.807, 2.05) is 54.6 Å². The number of rotatable bonds is 8. The molecule has 2 aromatic carbocycles. The Kier molecular flexibility index (Phi) is 6.81. The van der Waals surface area contributed by atoms with Crippen molar-refractivity contribution in [2.75, 3.05) is 33.4 Å². The molecule has 4 rings (SSSR count). The van der Waals surface area contributed by atoms with Crippen LogP contribution in [0, 0.1) is 0 Å². The fourth-order valence-electron chi connectivity index (χ4n) is 3.67. The van der Waals surface area contributed by atoms with Crippen molar-refractivity contribution in [2.24, 2.45) is 0 Å². The highest BCUT2D eigenvalue weighted by Gasteiger charge is 2.27. The number of nitrogens with zero attached hydrogens (tertiary/aromatic N) is 2. The second kappa shape index (κ2) is 10.1. The summed E-state index contributed by atoms with van der Waals surface area (Å²) in [6, 6.07) is 17.4. The lowest BCUT2D eigenvalue weighted by Crippen LogP contribution is -2.51. The Hall–Kier alpha value is -3.65. The molecule has 1 saturated heterocycles. The minimum atomic E-state index is -0.260. The molecule has 1 aromatic heterocycles. The van der Waals surface area contributed by atoms with Crippen LogP contribution in [0.25, 0.3) is 11.3 Å². The molecule has 0 bridgehead atoms. The number of methoxy groups -OCH3 is 1. The molecule has 2 N–H and O–H groups in total. The van der Waals surface area contributed by atoms with E-state index in [1.165, 1.54) is 11.8 Å². The first-order valence-electron chi connectivity index (χ1n) is 10.5. The Morgan fingerprint density at radius 2 is 2.00 bits per heavy atom. The van der Waals surface area contributed by atoms with E-state index in [0.29, 0.717) is 30.9 Å². The second-order valence-corrected chi connectivity index (χ2v) is 7.61. The lowest BCUT2D eigenvalue weighted by Gasteiger charge is -2.33. The number of amides is 2. The summed E-state index contributed by atoms with van der Waals surface area (Å²) >= 11 is 0. The van der Waals surface area contributed by atoms with Gasteiger partial charge in [-0.2, -0.15) is 5.10 Å². The second-order valence-electron chi connectivity index (χ2n) is 7.61. The maximum Gasteiger partial charge on any atom is 0.255 e. The van der Waals surface area contributed by atoms with Crippen LogP contribution in [0.4, 0.5) is 0 Å². The largest absolute Gasteiger partial charge is 0.497 e. The molecule has 3 aromatic rings. The van der Waals surface area contributed by atoms with Crippen LogP contribution < -0.4 is 10.1 Å². The molecule has 2 amide bonds. The normalized spacial score (nSPS) is 16.1. The molecule has 0 aliphatic carbocycles. The monoisotopic (exact) mass is 434 g/mol. The standard InChI is InChI=1S/C24H26N4O4/c1-31-19-9-7-18(8-10-19)23-21(14-26-27-23)24(30)25-13-20-15-28(22(29)16-32-20)12-11-17-5-3-2-4-6-17/h2-10,14,20H,11-13,15-16H2,1H3,(H,25,30)(H,26,27). The molecule has 1 fully saturated rings. The molecule has 0 spiro atoms. The molecular weight excluding hydrogens is 408 g/mol. The molecule has 166 valence electrons. The van der Waals surface area contributed by atoms with Crippen LogP contribution in [0.3, 0.4) is 0 Å². The van der Waals surface area contributed by atoms with E-state index in [4.69, 9.17) is 9.47 Å². The number of nitrogens with one attached hydrogen (secondary N) is 2. The van der Waals surface area contributed by atoms with Crippen molar-refractivity contribution in [3.05, 3.63) is 71.9 Å². The third kappa shape index (κ3) is 5.15. The number of carbonyl (C=O) groups is 2. The van der Waals surface area contributed by atoms with Crippen LogP contribution in [0.2, 0.25) is 0 Å².